The van der Waals surface area contributed by atoms with Gasteiger partial charge < -0.3 is 5.11 Å². The smallest absolute Gasteiger partial charge is 0.168 e. The highest BCUT2D eigenvalue weighted by Crippen LogP contribution is 2.35. The van der Waals surface area contributed by atoms with Gasteiger partial charge >= 0.3 is 0 Å². The van der Waals surface area contributed by atoms with E-state index in [1.54, 1.807) is 6.21 Å². The Balaban J connectivity index is 2.03. The molecule has 2 aliphatic rings. The molecule has 0 radical (unpaired) electrons. The Morgan fingerprint density at radius 2 is 1.70 bits per heavy atom. The molecule has 0 aromatic carbocycles. The Hall–Kier alpha value is -1.12. The molecule has 1 saturated carbocycles. The van der Waals surface area contributed by atoms with Crippen LogP contribution in [0.1, 0.15) is 71.6 Å². The van der Waals surface area contributed by atoms with E-state index in [1.165, 1.54) is 32.1 Å². The molecule has 112 valence electrons. The van der Waals surface area contributed by atoms with E-state index in [0.29, 0.717) is 24.5 Å². The van der Waals surface area contributed by atoms with E-state index < -0.39 is 0 Å². The summed E-state index contributed by atoms with van der Waals surface area (Å²) in [4.78, 5) is 16.7. The van der Waals surface area contributed by atoms with Crippen LogP contribution in [0.15, 0.2) is 16.3 Å². The van der Waals surface area contributed by atoms with Gasteiger partial charge in [0.25, 0.3) is 0 Å². The van der Waals surface area contributed by atoms with Crippen LogP contribution in [0.5, 0.6) is 0 Å². The van der Waals surface area contributed by atoms with E-state index in [-0.39, 0.29) is 17.0 Å². The Morgan fingerprint density at radius 3 is 2.30 bits per heavy atom. The topological polar surface area (TPSA) is 49.7 Å². The highest BCUT2D eigenvalue weighted by molar-refractivity contribution is 6.14. The molecule has 0 heterocycles. The van der Waals surface area contributed by atoms with Gasteiger partial charge in [0.1, 0.15) is 5.76 Å². The largest absolute Gasteiger partial charge is 0.511 e. The lowest BCUT2D eigenvalue weighted by Crippen LogP contribution is -2.26. The van der Waals surface area contributed by atoms with Crippen LogP contribution in [0, 0.1) is 5.41 Å². The maximum atomic E-state index is 12.1. The molecular weight excluding hydrogens is 250 g/mol. The summed E-state index contributed by atoms with van der Waals surface area (Å²) in [5.41, 5.74) is 0.324. The minimum Gasteiger partial charge on any atom is -0.511 e. The second-order valence-electron chi connectivity index (χ2n) is 7.08. The van der Waals surface area contributed by atoms with Gasteiger partial charge in [0.05, 0.1) is 5.57 Å². The zero-order valence-electron chi connectivity index (χ0n) is 12.8. The average molecular weight is 277 g/mol. The van der Waals surface area contributed by atoms with Gasteiger partial charge in [-0.3, -0.25) is 9.79 Å². The summed E-state index contributed by atoms with van der Waals surface area (Å²) in [5.74, 6) is 0.259. The van der Waals surface area contributed by atoms with Crippen molar-refractivity contribution in [2.24, 2.45) is 10.4 Å². The van der Waals surface area contributed by atoms with Crippen molar-refractivity contribution in [2.45, 2.75) is 77.7 Å². The molecule has 0 aromatic rings. The molecule has 1 fully saturated rings. The number of aliphatic hydroxyl groups excluding tert-OH is 1. The summed E-state index contributed by atoms with van der Waals surface area (Å²) < 4.78 is 0. The quantitative estimate of drug-likeness (QED) is 0.762. The highest BCUT2D eigenvalue weighted by Gasteiger charge is 2.32. The first-order chi connectivity index (χ1) is 9.48. The molecule has 0 bridgehead atoms. The molecule has 0 spiro atoms. The first kappa shape index (κ1) is 15.3. The number of allylic oxidation sites excluding steroid dienone is 2. The van der Waals surface area contributed by atoms with Crippen LogP contribution in [0.4, 0.5) is 0 Å². The van der Waals surface area contributed by atoms with E-state index >= 15 is 0 Å². The summed E-state index contributed by atoms with van der Waals surface area (Å²) in [6.45, 7) is 4.04. The van der Waals surface area contributed by atoms with Gasteiger partial charge in [-0.2, -0.15) is 0 Å². The monoisotopic (exact) mass is 277 g/mol. The molecule has 3 heteroatoms. The maximum absolute atomic E-state index is 12.1. The van der Waals surface area contributed by atoms with Crippen LogP contribution >= 0.6 is 0 Å². The van der Waals surface area contributed by atoms with Crippen molar-refractivity contribution >= 4 is 12.0 Å². The lowest BCUT2D eigenvalue weighted by atomic mass is 9.77. The van der Waals surface area contributed by atoms with Gasteiger partial charge in [-0.05, 0) is 18.3 Å². The lowest BCUT2D eigenvalue weighted by molar-refractivity contribution is -0.117. The van der Waals surface area contributed by atoms with Gasteiger partial charge in [0.2, 0.25) is 0 Å². The Morgan fingerprint density at radius 1 is 1.10 bits per heavy atom. The number of rotatable bonds is 2. The third kappa shape index (κ3) is 4.19. The van der Waals surface area contributed by atoms with Crippen molar-refractivity contribution in [3.63, 3.8) is 0 Å². The molecule has 0 saturated heterocycles. The molecule has 20 heavy (non-hydrogen) atoms. The van der Waals surface area contributed by atoms with E-state index in [9.17, 15) is 9.90 Å². The Labute approximate surface area is 122 Å². The highest BCUT2D eigenvalue weighted by atomic mass is 16.3. The Kier molecular flexibility index (Phi) is 5.00. The number of nitrogens with zero attached hydrogens (tertiary/aromatic N) is 1. The van der Waals surface area contributed by atoms with E-state index in [1.807, 2.05) is 13.8 Å². The van der Waals surface area contributed by atoms with Gasteiger partial charge in [-0.15, -0.1) is 0 Å². The van der Waals surface area contributed by atoms with E-state index in [4.69, 9.17) is 0 Å². The third-order valence-electron chi connectivity index (χ3n) is 4.39. The molecular formula is C17H27NO2. The van der Waals surface area contributed by atoms with Gasteiger partial charge in [-0.25, -0.2) is 0 Å². The van der Waals surface area contributed by atoms with E-state index in [2.05, 4.69) is 4.99 Å². The molecule has 0 atom stereocenters. The summed E-state index contributed by atoms with van der Waals surface area (Å²) in [5, 5.41) is 10.1. The number of hydrogen-bond donors (Lipinski definition) is 1. The zero-order valence-corrected chi connectivity index (χ0v) is 12.8. The predicted octanol–water partition coefficient (Wildman–Crippen LogP) is 4.37. The van der Waals surface area contributed by atoms with Crippen LogP contribution < -0.4 is 0 Å². The molecule has 0 aromatic heterocycles. The fourth-order valence-electron chi connectivity index (χ4n) is 3.21. The molecule has 2 rings (SSSR count). The van der Waals surface area contributed by atoms with Gasteiger partial charge in [-0.1, -0.05) is 46.0 Å². The van der Waals surface area contributed by atoms with Crippen LogP contribution in [0.25, 0.3) is 0 Å². The Bertz CT molecular complexity index is 413. The normalized spacial score (nSPS) is 25.8. The second kappa shape index (κ2) is 6.55. The summed E-state index contributed by atoms with van der Waals surface area (Å²) >= 11 is 0. The van der Waals surface area contributed by atoms with Gasteiger partial charge in [0.15, 0.2) is 5.78 Å². The average Bonchev–Trinajstić information content (AvgIpc) is 2.28. The van der Waals surface area contributed by atoms with Crippen molar-refractivity contribution in [1.82, 2.24) is 0 Å². The number of carbonyl (C=O) groups excluding carboxylic acids is 1. The zero-order chi connectivity index (χ0) is 14.6. The number of aliphatic hydroxyl groups is 1. The maximum Gasteiger partial charge on any atom is 0.168 e. The fourth-order valence-corrected chi connectivity index (χ4v) is 3.21. The summed E-state index contributed by atoms with van der Waals surface area (Å²) in [7, 11) is 0. The summed E-state index contributed by atoms with van der Waals surface area (Å²) in [6.07, 6.45) is 11.4. The van der Waals surface area contributed by atoms with Crippen molar-refractivity contribution in [3.05, 3.63) is 11.3 Å². The summed E-state index contributed by atoms with van der Waals surface area (Å²) in [6, 6.07) is 0.332. The van der Waals surface area contributed by atoms with Crippen molar-refractivity contribution in [2.75, 3.05) is 0 Å². The standard InChI is InChI=1S/C17H27NO2/c1-17(2)10-15(19)14(16(20)11-17)12-18-13-8-6-4-3-5-7-9-13/h12-13,19H,3-11H2,1-2H3. The number of ketones is 1. The number of hydrogen-bond acceptors (Lipinski definition) is 3. The number of Topliss-reactive ketones (excluding diaryl/α,β-unsaturated/α-hetero) is 1. The molecule has 1 N–H and O–H groups in total. The SMILES string of the molecule is CC1(C)CC(=O)C(C=NC2CCCCCCC2)=C(O)C1. The molecule has 0 amide bonds. The lowest BCUT2D eigenvalue weighted by Gasteiger charge is -2.28. The van der Waals surface area contributed by atoms with E-state index in [0.717, 1.165) is 12.8 Å². The molecule has 0 aliphatic heterocycles. The molecule has 0 unspecified atom stereocenters. The third-order valence-corrected chi connectivity index (χ3v) is 4.39. The number of aliphatic imine (C=N–C) groups is 1. The molecule has 2 aliphatic carbocycles. The fraction of sp³-hybridized carbons (Fsp3) is 0.765. The van der Waals surface area contributed by atoms with Crippen LogP contribution in [-0.2, 0) is 4.79 Å². The van der Waals surface area contributed by atoms with Crippen LogP contribution in [0.2, 0.25) is 0 Å². The van der Waals surface area contributed by atoms with Crippen molar-refractivity contribution < 1.29 is 9.90 Å². The van der Waals surface area contributed by atoms with Crippen LogP contribution in [-0.4, -0.2) is 23.1 Å². The minimum absolute atomic E-state index is 0.0355. The van der Waals surface area contributed by atoms with Crippen LogP contribution in [0.3, 0.4) is 0 Å². The first-order valence-electron chi connectivity index (χ1n) is 7.96. The molecule has 3 nitrogen and oxygen atoms in total. The minimum atomic E-state index is -0.126. The van der Waals surface area contributed by atoms with Crippen molar-refractivity contribution in [3.8, 4) is 0 Å². The first-order valence-corrected chi connectivity index (χ1v) is 7.96. The van der Waals surface area contributed by atoms with Crippen molar-refractivity contribution in [1.29, 1.82) is 0 Å². The van der Waals surface area contributed by atoms with Gasteiger partial charge in [0, 0.05) is 25.1 Å². The predicted molar refractivity (Wildman–Crippen MR) is 82.3 cm³/mol. The second-order valence-corrected chi connectivity index (χ2v) is 7.08. The number of carbonyl (C=O) groups is 1.